The average molecular weight is 353 g/mol. The standard InChI is InChI=1S/C12H15BrF2N2O3/c1-6(2)17-5-7(13)3-9(17)11(18)16-8(12(19)20)4-10(14)15/h3,5-6,8,10H,4H2,1-2H3,(H,16,18)(H,19,20). The maximum atomic E-state index is 12.3. The van der Waals surface area contributed by atoms with Gasteiger partial charge in [0, 0.05) is 23.1 Å². The van der Waals surface area contributed by atoms with Crippen LogP contribution in [-0.2, 0) is 4.79 Å². The van der Waals surface area contributed by atoms with Gasteiger partial charge in [0.2, 0.25) is 6.43 Å². The van der Waals surface area contributed by atoms with Gasteiger partial charge in [-0.15, -0.1) is 0 Å². The number of aromatic nitrogens is 1. The summed E-state index contributed by atoms with van der Waals surface area (Å²) in [5.41, 5.74) is 0.215. The maximum absolute atomic E-state index is 12.3. The summed E-state index contributed by atoms with van der Waals surface area (Å²) < 4.78 is 26.8. The molecule has 20 heavy (non-hydrogen) atoms. The van der Waals surface area contributed by atoms with E-state index in [2.05, 4.69) is 21.2 Å². The number of hydrogen-bond donors (Lipinski definition) is 2. The van der Waals surface area contributed by atoms with Crippen molar-refractivity contribution in [3.63, 3.8) is 0 Å². The number of aliphatic carboxylic acids is 1. The molecule has 5 nitrogen and oxygen atoms in total. The van der Waals surface area contributed by atoms with Crippen molar-refractivity contribution < 1.29 is 23.5 Å². The molecule has 0 aliphatic heterocycles. The van der Waals surface area contributed by atoms with Gasteiger partial charge in [-0.1, -0.05) is 0 Å². The van der Waals surface area contributed by atoms with Crippen molar-refractivity contribution in [2.24, 2.45) is 0 Å². The van der Waals surface area contributed by atoms with Crippen molar-refractivity contribution in [1.82, 2.24) is 9.88 Å². The normalized spacial score (nSPS) is 12.8. The number of carbonyl (C=O) groups excluding carboxylic acids is 1. The van der Waals surface area contributed by atoms with Gasteiger partial charge in [0.15, 0.2) is 0 Å². The van der Waals surface area contributed by atoms with E-state index in [-0.39, 0.29) is 11.7 Å². The van der Waals surface area contributed by atoms with E-state index in [1.165, 1.54) is 6.07 Å². The van der Waals surface area contributed by atoms with Crippen LogP contribution in [0.5, 0.6) is 0 Å². The second-order valence-corrected chi connectivity index (χ2v) is 5.45. The first kappa shape index (κ1) is 16.6. The molecule has 0 radical (unpaired) electrons. The third kappa shape index (κ3) is 4.29. The van der Waals surface area contributed by atoms with Crippen LogP contribution in [0.1, 0.15) is 36.8 Å². The zero-order chi connectivity index (χ0) is 15.4. The SMILES string of the molecule is CC(C)n1cc(Br)cc1C(=O)NC(CC(F)F)C(=O)O. The molecule has 0 saturated carbocycles. The fourth-order valence-corrected chi connectivity index (χ4v) is 2.12. The first-order valence-corrected chi connectivity index (χ1v) is 6.70. The Labute approximate surface area is 123 Å². The fraction of sp³-hybridized carbons (Fsp3) is 0.500. The Balaban J connectivity index is 2.92. The lowest BCUT2D eigenvalue weighted by molar-refractivity contribution is -0.140. The molecule has 0 aliphatic carbocycles. The lowest BCUT2D eigenvalue weighted by Gasteiger charge is -2.16. The van der Waals surface area contributed by atoms with Gasteiger partial charge in [0.1, 0.15) is 11.7 Å². The van der Waals surface area contributed by atoms with Gasteiger partial charge in [-0.3, -0.25) is 4.79 Å². The van der Waals surface area contributed by atoms with Crippen molar-refractivity contribution in [2.75, 3.05) is 0 Å². The molecular formula is C12H15BrF2N2O3. The molecule has 1 atom stereocenters. The number of halogens is 3. The van der Waals surface area contributed by atoms with E-state index in [9.17, 15) is 18.4 Å². The molecule has 0 bridgehead atoms. The van der Waals surface area contributed by atoms with Crippen molar-refractivity contribution in [3.05, 3.63) is 22.4 Å². The molecular weight excluding hydrogens is 338 g/mol. The molecule has 1 amide bonds. The Bertz CT molecular complexity index is 503. The molecule has 8 heteroatoms. The van der Waals surface area contributed by atoms with Crippen molar-refractivity contribution >= 4 is 27.8 Å². The second-order valence-electron chi connectivity index (χ2n) is 4.54. The Morgan fingerprint density at radius 1 is 1.45 bits per heavy atom. The van der Waals surface area contributed by atoms with Gasteiger partial charge in [-0.2, -0.15) is 0 Å². The van der Waals surface area contributed by atoms with Gasteiger partial charge >= 0.3 is 5.97 Å². The van der Waals surface area contributed by atoms with Crippen LogP contribution in [0.25, 0.3) is 0 Å². The quantitative estimate of drug-likeness (QED) is 0.826. The Morgan fingerprint density at radius 3 is 2.50 bits per heavy atom. The fourth-order valence-electron chi connectivity index (χ4n) is 1.69. The predicted molar refractivity (Wildman–Crippen MR) is 72.0 cm³/mol. The molecule has 1 unspecified atom stereocenters. The Kier molecular flexibility index (Phi) is 5.67. The monoisotopic (exact) mass is 352 g/mol. The van der Waals surface area contributed by atoms with Crippen LogP contribution in [-0.4, -0.2) is 34.0 Å². The highest BCUT2D eigenvalue weighted by molar-refractivity contribution is 9.10. The summed E-state index contributed by atoms with van der Waals surface area (Å²) in [6, 6.07) is -0.131. The molecule has 0 saturated heterocycles. The van der Waals surface area contributed by atoms with Crippen molar-refractivity contribution in [2.45, 2.75) is 38.8 Å². The maximum Gasteiger partial charge on any atom is 0.326 e. The van der Waals surface area contributed by atoms with Crippen molar-refractivity contribution in [3.8, 4) is 0 Å². The molecule has 0 spiro atoms. The number of carboxylic acids is 1. The van der Waals surface area contributed by atoms with E-state index in [1.54, 1.807) is 10.8 Å². The van der Waals surface area contributed by atoms with E-state index < -0.39 is 30.8 Å². The summed E-state index contributed by atoms with van der Waals surface area (Å²) in [5, 5.41) is 11.0. The molecule has 0 aromatic carbocycles. The minimum Gasteiger partial charge on any atom is -0.480 e. The summed E-state index contributed by atoms with van der Waals surface area (Å²) in [4.78, 5) is 22.9. The molecule has 1 aromatic rings. The topological polar surface area (TPSA) is 71.3 Å². The third-order valence-corrected chi connectivity index (χ3v) is 3.06. The number of carbonyl (C=O) groups is 2. The minimum atomic E-state index is -2.81. The Hall–Kier alpha value is -1.44. The van der Waals surface area contributed by atoms with E-state index in [1.807, 2.05) is 13.8 Å². The zero-order valence-corrected chi connectivity index (χ0v) is 12.5. The zero-order valence-electron chi connectivity index (χ0n) is 10.9. The number of amides is 1. The van der Waals surface area contributed by atoms with E-state index in [4.69, 9.17) is 5.11 Å². The number of hydrogen-bond acceptors (Lipinski definition) is 2. The van der Waals surface area contributed by atoms with E-state index in [0.29, 0.717) is 4.47 Å². The van der Waals surface area contributed by atoms with Crippen LogP contribution in [0.4, 0.5) is 8.78 Å². The lowest BCUT2D eigenvalue weighted by atomic mass is 10.2. The highest BCUT2D eigenvalue weighted by atomic mass is 79.9. The van der Waals surface area contributed by atoms with Crippen LogP contribution in [0.15, 0.2) is 16.7 Å². The van der Waals surface area contributed by atoms with Gasteiger partial charge in [0.25, 0.3) is 5.91 Å². The summed E-state index contributed by atoms with van der Waals surface area (Å²) >= 11 is 3.22. The minimum absolute atomic E-state index is 0.0274. The predicted octanol–water partition coefficient (Wildman–Crippen LogP) is 2.67. The largest absolute Gasteiger partial charge is 0.480 e. The van der Waals surface area contributed by atoms with Gasteiger partial charge < -0.3 is 15.0 Å². The van der Waals surface area contributed by atoms with E-state index in [0.717, 1.165) is 0 Å². The number of rotatable bonds is 6. The first-order valence-electron chi connectivity index (χ1n) is 5.91. The molecule has 112 valence electrons. The van der Waals surface area contributed by atoms with Crippen LogP contribution < -0.4 is 5.32 Å². The van der Waals surface area contributed by atoms with Crippen molar-refractivity contribution in [1.29, 1.82) is 0 Å². The van der Waals surface area contributed by atoms with Gasteiger partial charge in [0.05, 0.1) is 0 Å². The summed E-state index contributed by atoms with van der Waals surface area (Å²) in [7, 11) is 0. The third-order valence-electron chi connectivity index (χ3n) is 2.62. The Morgan fingerprint density at radius 2 is 2.05 bits per heavy atom. The highest BCUT2D eigenvalue weighted by Gasteiger charge is 2.26. The summed E-state index contributed by atoms with van der Waals surface area (Å²) in [6.07, 6.45) is -2.06. The smallest absolute Gasteiger partial charge is 0.326 e. The molecule has 1 rings (SSSR count). The number of nitrogens with one attached hydrogen (secondary N) is 1. The van der Waals surface area contributed by atoms with Gasteiger partial charge in [-0.05, 0) is 35.8 Å². The van der Waals surface area contributed by atoms with Crippen LogP contribution in [0.2, 0.25) is 0 Å². The van der Waals surface area contributed by atoms with Crippen LogP contribution in [0, 0.1) is 0 Å². The average Bonchev–Trinajstić information content (AvgIpc) is 2.69. The molecule has 0 aliphatic rings. The number of carboxylic acid groups (broad SMARTS) is 1. The number of alkyl halides is 2. The summed E-state index contributed by atoms with van der Waals surface area (Å²) in [5.74, 6) is -2.18. The van der Waals surface area contributed by atoms with E-state index >= 15 is 0 Å². The van der Waals surface area contributed by atoms with Gasteiger partial charge in [-0.25, -0.2) is 13.6 Å². The highest BCUT2D eigenvalue weighted by Crippen LogP contribution is 2.19. The molecule has 0 fully saturated rings. The first-order chi connectivity index (χ1) is 9.22. The molecule has 1 heterocycles. The van der Waals surface area contributed by atoms with Crippen LogP contribution in [0.3, 0.4) is 0 Å². The number of nitrogens with zero attached hydrogens (tertiary/aromatic N) is 1. The molecule has 2 N–H and O–H groups in total. The van der Waals surface area contributed by atoms with Crippen LogP contribution >= 0.6 is 15.9 Å². The molecule has 1 aromatic heterocycles. The lowest BCUT2D eigenvalue weighted by Crippen LogP contribution is -2.42. The second kappa shape index (κ2) is 6.83. The summed E-state index contributed by atoms with van der Waals surface area (Å²) in [6.45, 7) is 3.69.